The number of carboxylic acids is 1. The maximum Gasteiger partial charge on any atom is 0.326 e. The van der Waals surface area contributed by atoms with Gasteiger partial charge < -0.3 is 15.3 Å². The molecule has 1 rings (SSSR count). The lowest BCUT2D eigenvalue weighted by atomic mass is 9.89. The normalized spacial score (nSPS) is 22.5. The Bertz CT molecular complexity index is 357. The fourth-order valence-corrected chi connectivity index (χ4v) is 2.90. The Hall–Kier alpha value is -1.26. The summed E-state index contributed by atoms with van der Waals surface area (Å²) in [6.45, 7) is 9.69. The molecule has 5 nitrogen and oxygen atoms in total. The molecule has 122 valence electrons. The van der Waals surface area contributed by atoms with Crippen LogP contribution < -0.4 is 5.32 Å². The number of likely N-dealkylation sites (tertiary alicyclic amines) is 1. The zero-order valence-corrected chi connectivity index (χ0v) is 13.8. The van der Waals surface area contributed by atoms with E-state index in [9.17, 15) is 14.7 Å². The number of hydrogen-bond donors (Lipinski definition) is 2. The van der Waals surface area contributed by atoms with E-state index in [-0.39, 0.29) is 11.9 Å². The summed E-state index contributed by atoms with van der Waals surface area (Å²) in [5.74, 6) is 0.280. The van der Waals surface area contributed by atoms with Crippen LogP contribution in [0.2, 0.25) is 0 Å². The number of amides is 2. The third-order valence-electron chi connectivity index (χ3n) is 4.76. The van der Waals surface area contributed by atoms with Gasteiger partial charge in [0.1, 0.15) is 6.04 Å². The van der Waals surface area contributed by atoms with Crippen molar-refractivity contribution in [1.82, 2.24) is 10.2 Å². The average molecular weight is 298 g/mol. The molecule has 0 aromatic carbocycles. The van der Waals surface area contributed by atoms with Crippen LogP contribution in [0.15, 0.2) is 0 Å². The zero-order chi connectivity index (χ0) is 16.0. The SMILES string of the molecule is CCC(C)[C@H](NC(=O)N1CCCC(C(C)C)CC1)C(=O)O. The second kappa shape index (κ2) is 8.25. The lowest BCUT2D eigenvalue weighted by Crippen LogP contribution is -2.50. The molecule has 1 aliphatic rings. The van der Waals surface area contributed by atoms with Crippen molar-refractivity contribution in [3.63, 3.8) is 0 Å². The maximum absolute atomic E-state index is 12.3. The van der Waals surface area contributed by atoms with Crippen LogP contribution in [0.25, 0.3) is 0 Å². The van der Waals surface area contributed by atoms with Crippen LogP contribution in [-0.4, -0.2) is 41.1 Å². The van der Waals surface area contributed by atoms with Crippen molar-refractivity contribution >= 4 is 12.0 Å². The van der Waals surface area contributed by atoms with Gasteiger partial charge in [-0.05, 0) is 37.0 Å². The molecule has 5 heteroatoms. The summed E-state index contributed by atoms with van der Waals surface area (Å²) in [5, 5.41) is 12.0. The lowest BCUT2D eigenvalue weighted by Gasteiger charge is -2.26. The fourth-order valence-electron chi connectivity index (χ4n) is 2.90. The third-order valence-corrected chi connectivity index (χ3v) is 4.76. The van der Waals surface area contributed by atoms with Gasteiger partial charge in [-0.25, -0.2) is 9.59 Å². The molecule has 2 unspecified atom stereocenters. The fraction of sp³-hybridized carbons (Fsp3) is 0.875. The molecule has 21 heavy (non-hydrogen) atoms. The smallest absolute Gasteiger partial charge is 0.326 e. The lowest BCUT2D eigenvalue weighted by molar-refractivity contribution is -0.140. The van der Waals surface area contributed by atoms with Gasteiger partial charge in [0.25, 0.3) is 0 Å². The van der Waals surface area contributed by atoms with Crippen LogP contribution >= 0.6 is 0 Å². The van der Waals surface area contributed by atoms with Gasteiger partial charge in [0, 0.05) is 13.1 Å². The van der Waals surface area contributed by atoms with E-state index in [2.05, 4.69) is 19.2 Å². The predicted molar refractivity (Wildman–Crippen MR) is 83.2 cm³/mol. The highest BCUT2D eigenvalue weighted by atomic mass is 16.4. The number of carbonyl (C=O) groups excluding carboxylic acids is 1. The molecule has 1 saturated heterocycles. The quantitative estimate of drug-likeness (QED) is 0.820. The van der Waals surface area contributed by atoms with E-state index in [1.165, 1.54) is 0 Å². The number of aliphatic carboxylic acids is 1. The molecule has 0 aromatic rings. The van der Waals surface area contributed by atoms with Gasteiger partial charge in [-0.15, -0.1) is 0 Å². The van der Waals surface area contributed by atoms with E-state index >= 15 is 0 Å². The summed E-state index contributed by atoms with van der Waals surface area (Å²) in [6, 6.07) is -1.03. The van der Waals surface area contributed by atoms with Crippen LogP contribution in [0.4, 0.5) is 4.79 Å². The van der Waals surface area contributed by atoms with Crippen LogP contribution in [-0.2, 0) is 4.79 Å². The van der Waals surface area contributed by atoms with Crippen molar-refractivity contribution < 1.29 is 14.7 Å². The minimum Gasteiger partial charge on any atom is -0.480 e. The van der Waals surface area contributed by atoms with E-state index in [0.29, 0.717) is 11.8 Å². The number of hydrogen-bond acceptors (Lipinski definition) is 2. The molecule has 1 fully saturated rings. The monoisotopic (exact) mass is 298 g/mol. The van der Waals surface area contributed by atoms with E-state index in [1.807, 2.05) is 13.8 Å². The summed E-state index contributed by atoms with van der Waals surface area (Å²) in [7, 11) is 0. The van der Waals surface area contributed by atoms with Crippen molar-refractivity contribution in [1.29, 1.82) is 0 Å². The van der Waals surface area contributed by atoms with Crippen molar-refractivity contribution in [2.24, 2.45) is 17.8 Å². The maximum atomic E-state index is 12.3. The highest BCUT2D eigenvalue weighted by Crippen LogP contribution is 2.24. The minimum absolute atomic E-state index is 0.0677. The third kappa shape index (κ3) is 5.21. The standard InChI is InChI=1S/C16H30N2O3/c1-5-12(4)14(15(19)20)17-16(21)18-9-6-7-13(8-10-18)11(2)3/h11-14H,5-10H2,1-4H3,(H,17,21)(H,19,20)/t12?,13?,14-/m0/s1. The first-order valence-corrected chi connectivity index (χ1v) is 8.15. The number of carbonyl (C=O) groups is 2. The molecule has 0 aliphatic carbocycles. The molecular weight excluding hydrogens is 268 g/mol. The zero-order valence-electron chi connectivity index (χ0n) is 13.8. The Balaban J connectivity index is 2.60. The molecule has 2 N–H and O–H groups in total. The topological polar surface area (TPSA) is 69.6 Å². The van der Waals surface area contributed by atoms with Gasteiger partial charge in [0.05, 0.1) is 0 Å². The van der Waals surface area contributed by atoms with Gasteiger partial charge in [0.15, 0.2) is 0 Å². The van der Waals surface area contributed by atoms with Gasteiger partial charge in [-0.1, -0.05) is 34.1 Å². The van der Waals surface area contributed by atoms with Crippen molar-refractivity contribution in [3.8, 4) is 0 Å². The summed E-state index contributed by atoms with van der Waals surface area (Å²) in [6.07, 6.45) is 3.88. The first-order chi connectivity index (χ1) is 9.86. The van der Waals surface area contributed by atoms with Crippen LogP contribution in [0.5, 0.6) is 0 Å². The van der Waals surface area contributed by atoms with E-state index < -0.39 is 12.0 Å². The van der Waals surface area contributed by atoms with Gasteiger partial charge in [-0.3, -0.25) is 0 Å². The van der Waals surface area contributed by atoms with Crippen molar-refractivity contribution in [3.05, 3.63) is 0 Å². The van der Waals surface area contributed by atoms with Crippen LogP contribution in [0.1, 0.15) is 53.4 Å². The molecule has 0 aromatic heterocycles. The predicted octanol–water partition coefficient (Wildman–Crippen LogP) is 2.95. The van der Waals surface area contributed by atoms with Crippen LogP contribution in [0, 0.1) is 17.8 Å². The number of nitrogens with one attached hydrogen (secondary N) is 1. The van der Waals surface area contributed by atoms with Gasteiger partial charge in [0.2, 0.25) is 0 Å². The number of nitrogens with zero attached hydrogens (tertiary/aromatic N) is 1. The first-order valence-electron chi connectivity index (χ1n) is 8.15. The minimum atomic E-state index is -0.951. The molecule has 1 heterocycles. The Morgan fingerprint density at radius 2 is 1.90 bits per heavy atom. The highest BCUT2D eigenvalue weighted by Gasteiger charge is 2.28. The largest absolute Gasteiger partial charge is 0.480 e. The highest BCUT2D eigenvalue weighted by molar-refractivity contribution is 5.82. The Morgan fingerprint density at radius 1 is 1.24 bits per heavy atom. The van der Waals surface area contributed by atoms with Crippen LogP contribution in [0.3, 0.4) is 0 Å². The number of urea groups is 1. The number of carboxylic acid groups (broad SMARTS) is 1. The Labute approximate surface area is 128 Å². The first kappa shape index (κ1) is 17.8. The molecule has 1 aliphatic heterocycles. The summed E-state index contributed by atoms with van der Waals surface area (Å²) < 4.78 is 0. The van der Waals surface area contributed by atoms with Crippen molar-refractivity contribution in [2.45, 2.75) is 59.4 Å². The Morgan fingerprint density at radius 3 is 2.43 bits per heavy atom. The molecular formula is C16H30N2O3. The van der Waals surface area contributed by atoms with E-state index in [0.717, 1.165) is 38.8 Å². The Kier molecular flexibility index (Phi) is 6.99. The van der Waals surface area contributed by atoms with E-state index in [1.54, 1.807) is 4.90 Å². The van der Waals surface area contributed by atoms with Crippen molar-refractivity contribution in [2.75, 3.05) is 13.1 Å². The molecule has 2 amide bonds. The second-order valence-electron chi connectivity index (χ2n) is 6.57. The molecule has 0 saturated carbocycles. The number of rotatable bonds is 5. The van der Waals surface area contributed by atoms with Gasteiger partial charge in [-0.2, -0.15) is 0 Å². The molecule has 0 spiro atoms. The molecule has 3 atom stereocenters. The average Bonchev–Trinajstić information content (AvgIpc) is 2.69. The van der Waals surface area contributed by atoms with E-state index in [4.69, 9.17) is 0 Å². The van der Waals surface area contributed by atoms with Gasteiger partial charge >= 0.3 is 12.0 Å². The molecule has 0 radical (unpaired) electrons. The summed E-state index contributed by atoms with van der Waals surface area (Å²) in [4.78, 5) is 25.4. The summed E-state index contributed by atoms with van der Waals surface area (Å²) >= 11 is 0. The summed E-state index contributed by atoms with van der Waals surface area (Å²) in [5.41, 5.74) is 0. The second-order valence-corrected chi connectivity index (χ2v) is 6.57. The molecule has 0 bridgehead atoms.